The second kappa shape index (κ2) is 8.42. The summed E-state index contributed by atoms with van der Waals surface area (Å²) in [6.07, 6.45) is 5.27. The summed E-state index contributed by atoms with van der Waals surface area (Å²) in [5, 5.41) is 7.42. The maximum absolute atomic E-state index is 12.6. The Bertz CT molecular complexity index is 714. The monoisotopic (exact) mass is 356 g/mol. The molecule has 1 saturated heterocycles. The van der Waals surface area contributed by atoms with E-state index in [0.717, 1.165) is 38.4 Å². The van der Waals surface area contributed by atoms with E-state index >= 15 is 0 Å². The van der Waals surface area contributed by atoms with E-state index in [9.17, 15) is 4.79 Å². The third-order valence-corrected chi connectivity index (χ3v) is 4.76. The van der Waals surface area contributed by atoms with Crippen molar-refractivity contribution < 1.29 is 4.79 Å². The summed E-state index contributed by atoms with van der Waals surface area (Å²) in [6, 6.07) is 6.12. The summed E-state index contributed by atoms with van der Waals surface area (Å²) in [6.45, 7) is 6.31. The lowest BCUT2D eigenvalue weighted by molar-refractivity contribution is 0.0926. The Hall–Kier alpha value is -2.25. The number of pyridine rings is 1. The number of hydrogen-bond donors (Lipinski definition) is 1. The highest BCUT2D eigenvalue weighted by Gasteiger charge is 2.34. The van der Waals surface area contributed by atoms with Gasteiger partial charge in [-0.2, -0.15) is 5.10 Å². The zero-order valence-electron chi connectivity index (χ0n) is 15.8. The molecule has 0 aliphatic carbocycles. The molecule has 1 aliphatic rings. The van der Waals surface area contributed by atoms with E-state index in [0.29, 0.717) is 11.5 Å². The predicted molar refractivity (Wildman–Crippen MR) is 101 cm³/mol. The zero-order chi connectivity index (χ0) is 18.5. The Morgan fingerprint density at radius 3 is 2.85 bits per heavy atom. The zero-order valence-corrected chi connectivity index (χ0v) is 15.8. The quantitative estimate of drug-likeness (QED) is 0.804. The van der Waals surface area contributed by atoms with Crippen LogP contribution in [0.2, 0.25) is 0 Å². The number of rotatable bonds is 7. The Labute approximate surface area is 155 Å². The lowest BCUT2D eigenvalue weighted by Crippen LogP contribution is -2.43. The van der Waals surface area contributed by atoms with E-state index in [4.69, 9.17) is 0 Å². The van der Waals surface area contributed by atoms with Gasteiger partial charge in [0.2, 0.25) is 0 Å². The van der Waals surface area contributed by atoms with Crippen molar-refractivity contribution in [1.82, 2.24) is 29.9 Å². The molecular formula is C19H28N6O. The molecule has 0 unspecified atom stereocenters. The first-order valence-corrected chi connectivity index (χ1v) is 9.15. The van der Waals surface area contributed by atoms with Crippen LogP contribution in [0.4, 0.5) is 0 Å². The molecule has 2 aromatic rings. The van der Waals surface area contributed by atoms with Crippen LogP contribution in [0, 0.1) is 5.92 Å². The summed E-state index contributed by atoms with van der Waals surface area (Å²) in [4.78, 5) is 21.6. The molecule has 1 amide bonds. The minimum Gasteiger partial charge on any atom is -0.348 e. The normalized spacial score (nSPS) is 20.6. The predicted octanol–water partition coefficient (Wildman–Crippen LogP) is 1.09. The van der Waals surface area contributed by atoms with E-state index in [1.807, 2.05) is 31.3 Å². The van der Waals surface area contributed by atoms with E-state index in [1.54, 1.807) is 17.1 Å². The van der Waals surface area contributed by atoms with Gasteiger partial charge in [-0.15, -0.1) is 0 Å². The van der Waals surface area contributed by atoms with Gasteiger partial charge in [0.15, 0.2) is 0 Å². The molecule has 0 radical (unpaired) electrons. The fourth-order valence-electron chi connectivity index (χ4n) is 3.53. The van der Waals surface area contributed by atoms with Crippen molar-refractivity contribution in [2.45, 2.75) is 26.1 Å². The van der Waals surface area contributed by atoms with Crippen molar-refractivity contribution in [2.24, 2.45) is 5.92 Å². The van der Waals surface area contributed by atoms with Crippen molar-refractivity contribution in [2.75, 3.05) is 33.7 Å². The summed E-state index contributed by atoms with van der Waals surface area (Å²) in [7, 11) is 4.15. The van der Waals surface area contributed by atoms with Gasteiger partial charge in [-0.1, -0.05) is 6.07 Å². The van der Waals surface area contributed by atoms with Crippen LogP contribution in [0.5, 0.6) is 0 Å². The van der Waals surface area contributed by atoms with Gasteiger partial charge in [0, 0.05) is 57.1 Å². The first-order valence-electron chi connectivity index (χ1n) is 9.15. The topological polar surface area (TPSA) is 66.3 Å². The Morgan fingerprint density at radius 1 is 1.35 bits per heavy atom. The van der Waals surface area contributed by atoms with E-state index in [2.05, 4.69) is 39.3 Å². The smallest absolute Gasteiger partial charge is 0.254 e. The van der Waals surface area contributed by atoms with E-state index in [1.165, 1.54) is 0 Å². The number of likely N-dealkylation sites (tertiary alicyclic amines) is 1. The first-order chi connectivity index (χ1) is 12.5. The molecule has 0 saturated carbocycles. The Morgan fingerprint density at radius 2 is 2.19 bits per heavy atom. The van der Waals surface area contributed by atoms with Crippen LogP contribution in [0.25, 0.3) is 0 Å². The molecule has 3 heterocycles. The van der Waals surface area contributed by atoms with E-state index < -0.39 is 0 Å². The number of amides is 1. The molecule has 2 atom stereocenters. The van der Waals surface area contributed by atoms with Crippen LogP contribution < -0.4 is 5.32 Å². The molecule has 26 heavy (non-hydrogen) atoms. The fraction of sp³-hybridized carbons (Fsp3) is 0.526. The second-order valence-electron chi connectivity index (χ2n) is 7.20. The molecule has 0 aromatic carbocycles. The molecular weight excluding hydrogens is 328 g/mol. The number of aryl methyl sites for hydroxylation is 1. The van der Waals surface area contributed by atoms with Crippen molar-refractivity contribution in [3.05, 3.63) is 48.0 Å². The fourth-order valence-corrected chi connectivity index (χ4v) is 3.53. The highest BCUT2D eigenvalue weighted by molar-refractivity contribution is 5.93. The van der Waals surface area contributed by atoms with Crippen molar-refractivity contribution in [3.63, 3.8) is 0 Å². The van der Waals surface area contributed by atoms with Gasteiger partial charge in [-0.05, 0) is 33.2 Å². The lowest BCUT2D eigenvalue weighted by Gasteiger charge is -2.22. The van der Waals surface area contributed by atoms with Gasteiger partial charge >= 0.3 is 0 Å². The van der Waals surface area contributed by atoms with Crippen LogP contribution >= 0.6 is 0 Å². The van der Waals surface area contributed by atoms with Gasteiger partial charge in [-0.25, -0.2) is 0 Å². The van der Waals surface area contributed by atoms with Crippen LogP contribution in [-0.4, -0.2) is 70.2 Å². The number of carbonyl (C=O) groups excluding carboxylic acids is 1. The van der Waals surface area contributed by atoms with Crippen LogP contribution in [0.3, 0.4) is 0 Å². The molecule has 1 aliphatic heterocycles. The average molecular weight is 356 g/mol. The van der Waals surface area contributed by atoms with Crippen molar-refractivity contribution >= 4 is 5.91 Å². The summed E-state index contributed by atoms with van der Waals surface area (Å²) < 4.78 is 1.77. The molecule has 7 nitrogen and oxygen atoms in total. The minimum atomic E-state index is -0.0434. The highest BCUT2D eigenvalue weighted by atomic mass is 16.1. The third-order valence-electron chi connectivity index (χ3n) is 4.76. The molecule has 0 bridgehead atoms. The molecule has 0 spiro atoms. The summed E-state index contributed by atoms with van der Waals surface area (Å²) >= 11 is 0. The van der Waals surface area contributed by atoms with Crippen molar-refractivity contribution in [3.8, 4) is 0 Å². The maximum Gasteiger partial charge on any atom is 0.254 e. The van der Waals surface area contributed by atoms with Crippen LogP contribution in [0.15, 0.2) is 36.8 Å². The lowest BCUT2D eigenvalue weighted by atomic mass is 10.0. The van der Waals surface area contributed by atoms with Gasteiger partial charge in [-0.3, -0.25) is 19.4 Å². The van der Waals surface area contributed by atoms with E-state index in [-0.39, 0.29) is 11.9 Å². The van der Waals surface area contributed by atoms with Crippen LogP contribution in [0.1, 0.15) is 23.0 Å². The summed E-state index contributed by atoms with van der Waals surface area (Å²) in [5.41, 5.74) is 1.69. The van der Waals surface area contributed by atoms with Crippen LogP contribution in [-0.2, 0) is 13.1 Å². The van der Waals surface area contributed by atoms with Gasteiger partial charge in [0.25, 0.3) is 5.91 Å². The molecule has 3 rings (SSSR count). The molecule has 140 valence electrons. The number of carbonyl (C=O) groups is 1. The van der Waals surface area contributed by atoms with Crippen molar-refractivity contribution in [1.29, 1.82) is 0 Å². The highest BCUT2D eigenvalue weighted by Crippen LogP contribution is 2.20. The maximum atomic E-state index is 12.6. The van der Waals surface area contributed by atoms with Gasteiger partial charge in [0.1, 0.15) is 0 Å². The number of hydrogen-bond acceptors (Lipinski definition) is 5. The molecule has 7 heteroatoms. The number of nitrogens with zero attached hydrogens (tertiary/aromatic N) is 5. The number of nitrogens with one attached hydrogen (secondary N) is 1. The second-order valence-corrected chi connectivity index (χ2v) is 7.20. The average Bonchev–Trinajstić information content (AvgIpc) is 3.23. The first kappa shape index (κ1) is 18.5. The molecule has 1 N–H and O–H groups in total. The minimum absolute atomic E-state index is 0.0434. The third kappa shape index (κ3) is 4.68. The SMILES string of the molecule is CCn1cc(C(=O)N[C@@H]2CN(Cc3ccccn3)C[C@H]2CN(C)C)cn1. The van der Waals surface area contributed by atoms with Gasteiger partial charge in [0.05, 0.1) is 17.5 Å². The number of aromatic nitrogens is 3. The largest absolute Gasteiger partial charge is 0.348 e. The summed E-state index contributed by atoms with van der Waals surface area (Å²) in [5.74, 6) is 0.344. The standard InChI is InChI=1S/C19H28N6O/c1-4-25-12-15(9-21-25)19(26)22-18-14-24(11-16(18)10-23(2)3)13-17-7-5-6-8-20-17/h5-9,12,16,18H,4,10-11,13-14H2,1-3H3,(H,22,26)/t16-,18-/m1/s1. The van der Waals surface area contributed by atoms with Gasteiger partial charge < -0.3 is 10.2 Å². The molecule has 1 fully saturated rings. The Balaban J connectivity index is 1.65. The molecule has 2 aromatic heterocycles. The Kier molecular flexibility index (Phi) is 6.00.